The van der Waals surface area contributed by atoms with Gasteiger partial charge in [-0.3, -0.25) is 0 Å². The van der Waals surface area contributed by atoms with Gasteiger partial charge in [0.15, 0.2) is 0 Å². The van der Waals surface area contributed by atoms with Crippen molar-refractivity contribution in [2.75, 3.05) is 13.1 Å². The highest BCUT2D eigenvalue weighted by molar-refractivity contribution is 4.97. The van der Waals surface area contributed by atoms with Crippen molar-refractivity contribution in [1.82, 2.24) is 5.32 Å². The third-order valence-electron chi connectivity index (χ3n) is 2.82. The number of ether oxygens (including phenoxy) is 1. The average Bonchev–Trinajstić information content (AvgIpc) is 2.66. The van der Waals surface area contributed by atoms with Crippen LogP contribution in [0.25, 0.3) is 0 Å². The van der Waals surface area contributed by atoms with Crippen LogP contribution < -0.4 is 5.32 Å². The minimum absolute atomic E-state index is 0.150. The lowest BCUT2D eigenvalue weighted by Gasteiger charge is -2.38. The summed E-state index contributed by atoms with van der Waals surface area (Å²) in [5.74, 6) is 0.831. The summed E-state index contributed by atoms with van der Waals surface area (Å²) < 4.78 is 5.94. The van der Waals surface area contributed by atoms with E-state index in [1.807, 2.05) is 0 Å². The Bertz CT molecular complexity index is 156. The second kappa shape index (κ2) is 2.46. The molecule has 0 aromatic carbocycles. The fourth-order valence-corrected chi connectivity index (χ4v) is 2.00. The fourth-order valence-electron chi connectivity index (χ4n) is 2.00. The van der Waals surface area contributed by atoms with E-state index in [-0.39, 0.29) is 5.60 Å². The van der Waals surface area contributed by atoms with Crippen molar-refractivity contribution in [3.63, 3.8) is 0 Å². The predicted octanol–water partition coefficient (Wildman–Crippen LogP) is 1.16. The first-order valence-corrected chi connectivity index (χ1v) is 4.59. The maximum absolute atomic E-state index is 5.94. The zero-order valence-corrected chi connectivity index (χ0v) is 7.39. The van der Waals surface area contributed by atoms with Crippen LogP contribution in [0.3, 0.4) is 0 Å². The van der Waals surface area contributed by atoms with Crippen molar-refractivity contribution >= 4 is 0 Å². The van der Waals surface area contributed by atoms with E-state index in [0.29, 0.717) is 6.10 Å². The topological polar surface area (TPSA) is 21.3 Å². The highest BCUT2D eigenvalue weighted by Crippen LogP contribution is 2.42. The van der Waals surface area contributed by atoms with E-state index in [4.69, 9.17) is 4.74 Å². The molecule has 2 unspecified atom stereocenters. The van der Waals surface area contributed by atoms with Gasteiger partial charge in [0.25, 0.3) is 0 Å². The second-order valence-electron chi connectivity index (χ2n) is 4.15. The molecule has 0 aromatic heterocycles. The van der Waals surface area contributed by atoms with Crippen molar-refractivity contribution in [3.05, 3.63) is 0 Å². The van der Waals surface area contributed by atoms with Gasteiger partial charge in [-0.15, -0.1) is 0 Å². The van der Waals surface area contributed by atoms with Crippen LogP contribution >= 0.6 is 0 Å². The Kier molecular flexibility index (Phi) is 1.69. The first-order chi connectivity index (χ1) is 5.21. The van der Waals surface area contributed by atoms with Crippen molar-refractivity contribution in [3.8, 4) is 0 Å². The normalized spacial score (nSPS) is 45.8. The largest absolute Gasteiger partial charge is 0.369 e. The van der Waals surface area contributed by atoms with Gasteiger partial charge in [-0.05, 0) is 32.6 Å². The van der Waals surface area contributed by atoms with Gasteiger partial charge in [-0.1, -0.05) is 0 Å². The summed E-state index contributed by atoms with van der Waals surface area (Å²) in [5, 5.41) is 3.42. The van der Waals surface area contributed by atoms with Crippen LogP contribution in [0.1, 0.15) is 26.7 Å². The van der Waals surface area contributed by atoms with E-state index in [1.165, 1.54) is 12.8 Å². The molecule has 1 aliphatic carbocycles. The van der Waals surface area contributed by atoms with E-state index in [9.17, 15) is 0 Å². The summed E-state index contributed by atoms with van der Waals surface area (Å²) in [6.45, 7) is 6.45. The molecule has 0 spiro atoms. The molecular formula is C9H17NO. The van der Waals surface area contributed by atoms with Gasteiger partial charge >= 0.3 is 0 Å². The third-order valence-corrected chi connectivity index (χ3v) is 2.82. The van der Waals surface area contributed by atoms with E-state index in [0.717, 1.165) is 19.0 Å². The SMILES string of the molecule is CC1CNCC(C)(C2CC2)O1. The molecule has 1 saturated carbocycles. The molecule has 2 fully saturated rings. The number of rotatable bonds is 1. The molecule has 2 heteroatoms. The van der Waals surface area contributed by atoms with Gasteiger partial charge in [0.05, 0.1) is 11.7 Å². The Morgan fingerprint density at radius 2 is 2.18 bits per heavy atom. The van der Waals surface area contributed by atoms with Crippen LogP contribution in [0.15, 0.2) is 0 Å². The van der Waals surface area contributed by atoms with Gasteiger partial charge in [-0.25, -0.2) is 0 Å². The van der Waals surface area contributed by atoms with E-state index >= 15 is 0 Å². The molecule has 2 aliphatic rings. The van der Waals surface area contributed by atoms with Crippen LogP contribution in [0.4, 0.5) is 0 Å². The summed E-state index contributed by atoms with van der Waals surface area (Å²) in [4.78, 5) is 0. The van der Waals surface area contributed by atoms with Crippen molar-refractivity contribution in [1.29, 1.82) is 0 Å². The second-order valence-corrected chi connectivity index (χ2v) is 4.15. The van der Waals surface area contributed by atoms with Crippen molar-refractivity contribution < 1.29 is 4.74 Å². The summed E-state index contributed by atoms with van der Waals surface area (Å²) in [6.07, 6.45) is 3.13. The lowest BCUT2D eigenvalue weighted by molar-refractivity contribution is -0.110. The van der Waals surface area contributed by atoms with Gasteiger partial charge in [-0.2, -0.15) is 0 Å². The number of nitrogens with one attached hydrogen (secondary N) is 1. The van der Waals surface area contributed by atoms with Gasteiger partial charge in [0.1, 0.15) is 0 Å². The smallest absolute Gasteiger partial charge is 0.0810 e. The highest BCUT2D eigenvalue weighted by Gasteiger charge is 2.44. The van der Waals surface area contributed by atoms with Gasteiger partial charge < -0.3 is 10.1 Å². The molecule has 2 rings (SSSR count). The maximum atomic E-state index is 5.94. The number of hydrogen-bond donors (Lipinski definition) is 1. The average molecular weight is 155 g/mol. The first-order valence-electron chi connectivity index (χ1n) is 4.59. The quantitative estimate of drug-likeness (QED) is 0.613. The summed E-state index contributed by atoms with van der Waals surface area (Å²) in [7, 11) is 0. The molecular weight excluding hydrogens is 138 g/mol. The maximum Gasteiger partial charge on any atom is 0.0810 e. The Hall–Kier alpha value is -0.0800. The Labute approximate surface area is 68.3 Å². The first kappa shape index (κ1) is 7.56. The molecule has 0 bridgehead atoms. The highest BCUT2D eigenvalue weighted by atomic mass is 16.5. The Balaban J connectivity index is 1.99. The molecule has 11 heavy (non-hydrogen) atoms. The fraction of sp³-hybridized carbons (Fsp3) is 1.00. The third kappa shape index (κ3) is 1.42. The lowest BCUT2D eigenvalue weighted by atomic mass is 9.98. The summed E-state index contributed by atoms with van der Waals surface area (Å²) in [5.41, 5.74) is 0.150. The molecule has 1 heterocycles. The minimum atomic E-state index is 0.150. The van der Waals surface area contributed by atoms with Crippen LogP contribution in [0.2, 0.25) is 0 Å². The molecule has 1 saturated heterocycles. The molecule has 1 aliphatic heterocycles. The van der Waals surface area contributed by atoms with Gasteiger partial charge in [0, 0.05) is 13.1 Å². The lowest BCUT2D eigenvalue weighted by Crippen LogP contribution is -2.52. The Morgan fingerprint density at radius 1 is 1.45 bits per heavy atom. The van der Waals surface area contributed by atoms with Crippen molar-refractivity contribution in [2.45, 2.75) is 38.4 Å². The van der Waals surface area contributed by atoms with E-state index in [1.54, 1.807) is 0 Å². The standard InChI is InChI=1S/C9H17NO/c1-7-5-10-6-9(2,11-7)8-3-4-8/h7-8,10H,3-6H2,1-2H3. The molecule has 0 amide bonds. The zero-order valence-electron chi connectivity index (χ0n) is 7.39. The molecule has 0 radical (unpaired) electrons. The van der Waals surface area contributed by atoms with Crippen LogP contribution in [-0.2, 0) is 4.74 Å². The molecule has 0 aromatic rings. The molecule has 2 atom stereocenters. The van der Waals surface area contributed by atoms with Crippen LogP contribution in [0.5, 0.6) is 0 Å². The van der Waals surface area contributed by atoms with E-state index < -0.39 is 0 Å². The molecule has 2 nitrogen and oxygen atoms in total. The van der Waals surface area contributed by atoms with E-state index in [2.05, 4.69) is 19.2 Å². The molecule has 64 valence electrons. The zero-order chi connectivity index (χ0) is 7.90. The number of morpholine rings is 1. The summed E-state index contributed by atoms with van der Waals surface area (Å²) in [6, 6.07) is 0. The van der Waals surface area contributed by atoms with Gasteiger partial charge in [0.2, 0.25) is 0 Å². The van der Waals surface area contributed by atoms with Crippen molar-refractivity contribution in [2.24, 2.45) is 5.92 Å². The summed E-state index contributed by atoms with van der Waals surface area (Å²) >= 11 is 0. The Morgan fingerprint density at radius 3 is 2.73 bits per heavy atom. The molecule has 1 N–H and O–H groups in total. The van der Waals surface area contributed by atoms with Crippen LogP contribution in [0, 0.1) is 5.92 Å². The monoisotopic (exact) mass is 155 g/mol. The number of hydrogen-bond acceptors (Lipinski definition) is 2. The van der Waals surface area contributed by atoms with Crippen LogP contribution in [-0.4, -0.2) is 24.8 Å². The minimum Gasteiger partial charge on any atom is -0.369 e. The predicted molar refractivity (Wildman–Crippen MR) is 44.5 cm³/mol.